The minimum atomic E-state index is -3.91. The van der Waals surface area contributed by atoms with E-state index in [1.807, 2.05) is 60.7 Å². The first-order valence-electron chi connectivity index (χ1n) is 15.5. The lowest BCUT2D eigenvalue weighted by Gasteiger charge is -2.29. The lowest BCUT2D eigenvalue weighted by Crippen LogP contribution is -2.39. The smallest absolute Gasteiger partial charge is 0.261 e. The van der Waals surface area contributed by atoms with Crippen molar-refractivity contribution < 1.29 is 18.3 Å². The fourth-order valence-corrected chi connectivity index (χ4v) is 6.96. The third-order valence-electron chi connectivity index (χ3n) is 8.24. The van der Waals surface area contributed by atoms with Crippen LogP contribution in [0.25, 0.3) is 10.9 Å². The average molecular weight is 636 g/mol. The van der Waals surface area contributed by atoms with Gasteiger partial charge in [-0.05, 0) is 80.5 Å². The first-order chi connectivity index (χ1) is 22.3. The van der Waals surface area contributed by atoms with Crippen LogP contribution in [0.15, 0.2) is 113 Å². The Labute approximate surface area is 269 Å². The zero-order valence-corrected chi connectivity index (χ0v) is 26.5. The molecule has 1 aliphatic heterocycles. The van der Waals surface area contributed by atoms with Crippen molar-refractivity contribution in [3.05, 3.63) is 114 Å². The summed E-state index contributed by atoms with van der Waals surface area (Å²) >= 11 is 0. The molecule has 1 amide bonds. The largest absolute Gasteiger partial charge is 0.494 e. The summed E-state index contributed by atoms with van der Waals surface area (Å²) in [5.41, 5.74) is 4.02. The summed E-state index contributed by atoms with van der Waals surface area (Å²) in [6, 6.07) is 30.3. The zero-order valence-electron chi connectivity index (χ0n) is 25.7. The standard InChI is InChI=1S/C36H37N5O4S/c1-26(42)41(24-23-40-21-9-4-10-22-40)30-17-15-28(16-18-30)37-35(27-11-5-2-6-12-27)34-32-25-31(19-20-33(32)38-36(34)43)46(44,45)39-29-13-7-3-8-14-29/h2-3,5-8,11-20,25,38-39,43H,4,9-10,21-24H2,1H3. The van der Waals surface area contributed by atoms with Crippen LogP contribution in [0.4, 0.5) is 17.1 Å². The molecule has 5 aromatic rings. The van der Waals surface area contributed by atoms with Crippen LogP contribution >= 0.6 is 0 Å². The molecule has 6 rings (SSSR count). The van der Waals surface area contributed by atoms with Gasteiger partial charge in [-0.1, -0.05) is 55.0 Å². The van der Waals surface area contributed by atoms with Crippen molar-refractivity contribution in [1.82, 2.24) is 9.88 Å². The van der Waals surface area contributed by atoms with Crippen LogP contribution in [-0.4, -0.2) is 61.2 Å². The number of para-hydroxylation sites is 1. The molecule has 2 heterocycles. The van der Waals surface area contributed by atoms with Crippen LogP contribution < -0.4 is 9.62 Å². The Bertz CT molecular complexity index is 1950. The Morgan fingerprint density at radius 3 is 2.26 bits per heavy atom. The average Bonchev–Trinajstić information content (AvgIpc) is 3.40. The second-order valence-electron chi connectivity index (χ2n) is 11.4. The molecule has 0 radical (unpaired) electrons. The van der Waals surface area contributed by atoms with Crippen molar-refractivity contribution in [2.24, 2.45) is 4.99 Å². The number of hydrogen-bond acceptors (Lipinski definition) is 6. The van der Waals surface area contributed by atoms with Gasteiger partial charge >= 0.3 is 0 Å². The zero-order chi connectivity index (χ0) is 32.1. The highest BCUT2D eigenvalue weighted by molar-refractivity contribution is 7.92. The summed E-state index contributed by atoms with van der Waals surface area (Å²) in [7, 11) is -3.91. The molecule has 0 unspecified atom stereocenters. The topological polar surface area (TPSA) is 118 Å². The summed E-state index contributed by atoms with van der Waals surface area (Å²) in [4.78, 5) is 24.8. The number of anilines is 2. The second kappa shape index (κ2) is 13.6. The van der Waals surface area contributed by atoms with Crippen molar-refractivity contribution >= 4 is 49.6 Å². The van der Waals surface area contributed by atoms with Crippen LogP contribution in [0, 0.1) is 0 Å². The summed E-state index contributed by atoms with van der Waals surface area (Å²) in [6.07, 6.45) is 3.66. The molecule has 0 bridgehead atoms. The predicted octanol–water partition coefficient (Wildman–Crippen LogP) is 6.68. The molecule has 0 atom stereocenters. The van der Waals surface area contributed by atoms with E-state index in [0.29, 0.717) is 40.1 Å². The van der Waals surface area contributed by atoms with Crippen LogP contribution in [0.3, 0.4) is 0 Å². The fourth-order valence-electron chi connectivity index (χ4n) is 5.87. The molecule has 10 heteroatoms. The number of nitrogens with one attached hydrogen (secondary N) is 2. The molecule has 3 N–H and O–H groups in total. The monoisotopic (exact) mass is 635 g/mol. The minimum absolute atomic E-state index is 0.0190. The maximum atomic E-state index is 13.3. The fraction of sp³-hybridized carbons (Fsp3) is 0.222. The van der Waals surface area contributed by atoms with Gasteiger partial charge in [0.2, 0.25) is 5.91 Å². The number of sulfonamides is 1. The third-order valence-corrected chi connectivity index (χ3v) is 9.62. The number of carbonyl (C=O) groups excluding carboxylic acids is 1. The Morgan fingerprint density at radius 1 is 0.913 bits per heavy atom. The van der Waals surface area contributed by atoms with E-state index in [-0.39, 0.29) is 16.7 Å². The molecule has 1 saturated heterocycles. The van der Waals surface area contributed by atoms with E-state index in [2.05, 4.69) is 14.6 Å². The first-order valence-corrected chi connectivity index (χ1v) is 16.9. The number of carbonyl (C=O) groups is 1. The summed E-state index contributed by atoms with van der Waals surface area (Å²) in [5.74, 6) is -0.144. The van der Waals surface area contributed by atoms with Gasteiger partial charge in [-0.25, -0.2) is 13.4 Å². The van der Waals surface area contributed by atoms with Gasteiger partial charge in [-0.2, -0.15) is 0 Å². The SMILES string of the molecule is CC(=O)N(CCN1CCCCC1)c1ccc(N=C(c2ccccc2)c2c(O)[nH]c3ccc(S(=O)(=O)Nc4ccccc4)cc23)cc1. The predicted molar refractivity (Wildman–Crippen MR) is 184 cm³/mol. The number of nitrogens with zero attached hydrogens (tertiary/aromatic N) is 3. The molecule has 9 nitrogen and oxygen atoms in total. The maximum absolute atomic E-state index is 13.3. The number of rotatable bonds is 10. The van der Waals surface area contributed by atoms with Crippen LogP contribution in [0.2, 0.25) is 0 Å². The highest BCUT2D eigenvalue weighted by atomic mass is 32.2. The Balaban J connectivity index is 1.35. The Hall–Kier alpha value is -4.93. The molecule has 1 aromatic heterocycles. The Kier molecular flexibility index (Phi) is 9.18. The lowest BCUT2D eigenvalue weighted by molar-refractivity contribution is -0.116. The highest BCUT2D eigenvalue weighted by Crippen LogP contribution is 2.34. The third kappa shape index (κ3) is 6.98. The van der Waals surface area contributed by atoms with Crippen molar-refractivity contribution in [3.63, 3.8) is 0 Å². The van der Waals surface area contributed by atoms with Gasteiger partial charge in [0, 0.05) is 47.9 Å². The number of aliphatic imine (C=N–C) groups is 1. The first kappa shape index (κ1) is 31.1. The van der Waals surface area contributed by atoms with Crippen LogP contribution in [0.5, 0.6) is 5.88 Å². The Morgan fingerprint density at radius 2 is 1.59 bits per heavy atom. The molecular formula is C36H37N5O4S. The van der Waals surface area contributed by atoms with E-state index in [0.717, 1.165) is 30.9 Å². The normalized spacial score (nSPS) is 14.3. The molecule has 4 aromatic carbocycles. The number of aromatic hydroxyl groups is 1. The highest BCUT2D eigenvalue weighted by Gasteiger charge is 2.22. The summed E-state index contributed by atoms with van der Waals surface area (Å²) in [5, 5.41) is 11.7. The van der Waals surface area contributed by atoms with E-state index in [4.69, 9.17) is 4.99 Å². The van der Waals surface area contributed by atoms with Crippen molar-refractivity contribution in [3.8, 4) is 5.88 Å². The molecule has 1 fully saturated rings. The van der Waals surface area contributed by atoms with Crippen LogP contribution in [0.1, 0.15) is 37.3 Å². The molecule has 0 spiro atoms. The number of benzene rings is 4. The van der Waals surface area contributed by atoms with Gasteiger partial charge in [0.25, 0.3) is 10.0 Å². The van der Waals surface area contributed by atoms with E-state index in [9.17, 15) is 18.3 Å². The lowest BCUT2D eigenvalue weighted by atomic mass is 10.0. The van der Waals surface area contributed by atoms with Gasteiger partial charge in [0.15, 0.2) is 5.88 Å². The molecule has 1 aliphatic rings. The van der Waals surface area contributed by atoms with E-state index < -0.39 is 10.0 Å². The van der Waals surface area contributed by atoms with E-state index >= 15 is 0 Å². The number of fused-ring (bicyclic) bond motifs is 1. The molecular weight excluding hydrogens is 598 g/mol. The van der Waals surface area contributed by atoms with E-state index in [1.165, 1.54) is 25.3 Å². The minimum Gasteiger partial charge on any atom is -0.494 e. The van der Waals surface area contributed by atoms with Gasteiger partial charge in [-0.3, -0.25) is 9.52 Å². The molecule has 46 heavy (non-hydrogen) atoms. The number of likely N-dealkylation sites (tertiary alicyclic amines) is 1. The number of amides is 1. The van der Waals surface area contributed by atoms with E-state index in [1.54, 1.807) is 48.2 Å². The van der Waals surface area contributed by atoms with Gasteiger partial charge in [0.05, 0.1) is 21.9 Å². The van der Waals surface area contributed by atoms with Crippen LogP contribution in [-0.2, 0) is 14.8 Å². The summed E-state index contributed by atoms with van der Waals surface area (Å²) in [6.45, 7) is 5.16. The maximum Gasteiger partial charge on any atom is 0.261 e. The van der Waals surface area contributed by atoms with Crippen molar-refractivity contribution in [1.29, 1.82) is 0 Å². The second-order valence-corrected chi connectivity index (χ2v) is 13.1. The number of aromatic amines is 1. The molecule has 0 aliphatic carbocycles. The van der Waals surface area contributed by atoms with Crippen molar-refractivity contribution in [2.45, 2.75) is 31.1 Å². The number of hydrogen-bond donors (Lipinski definition) is 3. The van der Waals surface area contributed by atoms with Crippen molar-refractivity contribution in [2.75, 3.05) is 35.8 Å². The molecule has 0 saturated carbocycles. The quantitative estimate of drug-likeness (QED) is 0.148. The van der Waals surface area contributed by atoms with Gasteiger partial charge in [-0.15, -0.1) is 0 Å². The number of H-pyrrole nitrogens is 1. The molecule has 236 valence electrons. The summed E-state index contributed by atoms with van der Waals surface area (Å²) < 4.78 is 29.3. The number of piperidine rings is 1. The van der Waals surface area contributed by atoms with Gasteiger partial charge in [0.1, 0.15) is 0 Å². The van der Waals surface area contributed by atoms with Gasteiger partial charge < -0.3 is 19.9 Å². The number of aromatic nitrogens is 1.